The Balaban J connectivity index is 1.62. The van der Waals surface area contributed by atoms with Gasteiger partial charge < -0.3 is 14.8 Å². The van der Waals surface area contributed by atoms with E-state index in [9.17, 15) is 4.79 Å². The van der Waals surface area contributed by atoms with E-state index in [1.807, 2.05) is 59.5 Å². The van der Waals surface area contributed by atoms with Crippen LogP contribution in [0, 0.1) is 0 Å². The molecule has 2 aliphatic rings. The smallest absolute Gasteiger partial charge is 0.262 e. The Morgan fingerprint density at radius 3 is 2.60 bits per heavy atom. The van der Waals surface area contributed by atoms with Crippen molar-refractivity contribution in [1.82, 2.24) is 9.78 Å². The van der Waals surface area contributed by atoms with Gasteiger partial charge in [0.25, 0.3) is 5.91 Å². The Bertz CT molecular complexity index is 1120. The maximum absolute atomic E-state index is 13.6. The number of amides is 1. The molecule has 0 aliphatic carbocycles. The van der Waals surface area contributed by atoms with Crippen LogP contribution >= 0.6 is 0 Å². The summed E-state index contributed by atoms with van der Waals surface area (Å²) in [6, 6.07) is 13.2. The predicted octanol–water partition coefficient (Wildman–Crippen LogP) is 4.18. The van der Waals surface area contributed by atoms with Crippen LogP contribution in [0.2, 0.25) is 0 Å². The van der Waals surface area contributed by atoms with E-state index >= 15 is 0 Å². The molecule has 2 aromatic carbocycles. The summed E-state index contributed by atoms with van der Waals surface area (Å²) in [5.74, 6) is 1.27. The molecule has 154 valence electrons. The standard InChI is InChI=1S/C23H24N4O3/c1-23(2,3)26-14-15(13-24-26)21-25-18-7-5-4-6-17(18)22(28)27(21)16-8-9-19-20(12-16)30-11-10-29-19/h4-9,12-14,21,25H,10-11H2,1-3H3. The second-order valence-corrected chi connectivity index (χ2v) is 8.48. The van der Waals surface area contributed by atoms with E-state index in [0.29, 0.717) is 30.3 Å². The quantitative estimate of drug-likeness (QED) is 0.694. The molecule has 0 saturated heterocycles. The SMILES string of the molecule is CC(C)(C)n1cc(C2Nc3ccccc3C(=O)N2c2ccc3c(c2)OCCO3)cn1. The third-order valence-corrected chi connectivity index (χ3v) is 5.34. The third-order valence-electron chi connectivity index (χ3n) is 5.34. The normalized spacial score (nSPS) is 18.0. The van der Waals surface area contributed by atoms with Crippen LogP contribution in [0.3, 0.4) is 0 Å². The number of benzene rings is 2. The zero-order valence-corrected chi connectivity index (χ0v) is 17.3. The molecule has 30 heavy (non-hydrogen) atoms. The molecule has 7 nitrogen and oxygen atoms in total. The van der Waals surface area contributed by atoms with Gasteiger partial charge in [0.1, 0.15) is 19.4 Å². The molecule has 1 aromatic heterocycles. The number of carbonyl (C=O) groups excluding carboxylic acids is 1. The molecule has 3 aromatic rings. The predicted molar refractivity (Wildman–Crippen MR) is 114 cm³/mol. The van der Waals surface area contributed by atoms with Crippen molar-refractivity contribution in [3.8, 4) is 11.5 Å². The van der Waals surface area contributed by atoms with Crippen molar-refractivity contribution < 1.29 is 14.3 Å². The number of rotatable bonds is 2. The van der Waals surface area contributed by atoms with Crippen LogP contribution in [-0.4, -0.2) is 28.9 Å². The van der Waals surface area contributed by atoms with Crippen LogP contribution in [-0.2, 0) is 5.54 Å². The number of anilines is 2. The van der Waals surface area contributed by atoms with Gasteiger partial charge in [0.15, 0.2) is 11.5 Å². The van der Waals surface area contributed by atoms with Gasteiger partial charge in [0.05, 0.1) is 23.0 Å². The van der Waals surface area contributed by atoms with Crippen LogP contribution in [0.1, 0.15) is 42.9 Å². The summed E-state index contributed by atoms with van der Waals surface area (Å²) < 4.78 is 13.3. The fraction of sp³-hybridized carbons (Fsp3) is 0.304. The summed E-state index contributed by atoms with van der Waals surface area (Å²) in [5.41, 5.74) is 2.93. The Hall–Kier alpha value is -3.48. The first-order valence-electron chi connectivity index (χ1n) is 10.1. The van der Waals surface area contributed by atoms with Gasteiger partial charge >= 0.3 is 0 Å². The largest absolute Gasteiger partial charge is 0.486 e. The molecule has 1 atom stereocenters. The van der Waals surface area contributed by atoms with Gasteiger partial charge in [-0.2, -0.15) is 5.10 Å². The van der Waals surface area contributed by atoms with Crippen molar-refractivity contribution in [1.29, 1.82) is 0 Å². The van der Waals surface area contributed by atoms with Crippen molar-refractivity contribution >= 4 is 17.3 Å². The van der Waals surface area contributed by atoms with E-state index in [0.717, 1.165) is 16.9 Å². The first-order valence-corrected chi connectivity index (χ1v) is 10.1. The molecule has 3 heterocycles. The maximum atomic E-state index is 13.6. The fourth-order valence-electron chi connectivity index (χ4n) is 3.78. The van der Waals surface area contributed by atoms with Crippen LogP contribution in [0.15, 0.2) is 54.9 Å². The molecule has 7 heteroatoms. The molecular weight excluding hydrogens is 380 g/mol. The number of nitrogens with zero attached hydrogens (tertiary/aromatic N) is 3. The van der Waals surface area contributed by atoms with Crippen molar-refractivity contribution in [2.45, 2.75) is 32.5 Å². The van der Waals surface area contributed by atoms with Crippen molar-refractivity contribution in [2.24, 2.45) is 0 Å². The Morgan fingerprint density at radius 1 is 1.07 bits per heavy atom. The molecule has 0 fully saturated rings. The summed E-state index contributed by atoms with van der Waals surface area (Å²) in [7, 11) is 0. The number of ether oxygens (including phenoxy) is 2. The lowest BCUT2D eigenvalue weighted by Crippen LogP contribution is -2.43. The molecular formula is C23H24N4O3. The van der Waals surface area contributed by atoms with Gasteiger partial charge in [0, 0.05) is 23.5 Å². The second-order valence-electron chi connectivity index (χ2n) is 8.48. The molecule has 5 rings (SSSR count). The van der Waals surface area contributed by atoms with Gasteiger partial charge in [-0.3, -0.25) is 14.4 Å². The first kappa shape index (κ1) is 18.5. The van der Waals surface area contributed by atoms with Gasteiger partial charge in [-0.25, -0.2) is 0 Å². The molecule has 0 radical (unpaired) electrons. The van der Waals surface area contributed by atoms with E-state index in [1.54, 1.807) is 4.90 Å². The van der Waals surface area contributed by atoms with Crippen LogP contribution in [0.25, 0.3) is 0 Å². The molecule has 2 aliphatic heterocycles. The van der Waals surface area contributed by atoms with Gasteiger partial charge in [-0.05, 0) is 45.0 Å². The summed E-state index contributed by atoms with van der Waals surface area (Å²) >= 11 is 0. The third kappa shape index (κ3) is 3.07. The summed E-state index contributed by atoms with van der Waals surface area (Å²) in [6.07, 6.45) is 3.41. The van der Waals surface area contributed by atoms with Crippen molar-refractivity contribution in [2.75, 3.05) is 23.4 Å². The first-order chi connectivity index (χ1) is 14.4. The van der Waals surface area contributed by atoms with Gasteiger partial charge in [-0.1, -0.05) is 12.1 Å². The monoisotopic (exact) mass is 404 g/mol. The highest BCUT2D eigenvalue weighted by atomic mass is 16.6. The summed E-state index contributed by atoms with van der Waals surface area (Å²) in [6.45, 7) is 7.30. The number of hydrogen-bond acceptors (Lipinski definition) is 5. The van der Waals surface area contributed by atoms with Crippen molar-refractivity contribution in [3.63, 3.8) is 0 Å². The molecule has 0 spiro atoms. The highest BCUT2D eigenvalue weighted by molar-refractivity contribution is 6.12. The minimum Gasteiger partial charge on any atom is -0.486 e. The van der Waals surface area contributed by atoms with Gasteiger partial charge in [-0.15, -0.1) is 0 Å². The zero-order chi connectivity index (χ0) is 20.9. The Morgan fingerprint density at radius 2 is 1.83 bits per heavy atom. The summed E-state index contributed by atoms with van der Waals surface area (Å²) in [5, 5.41) is 8.05. The van der Waals surface area contributed by atoms with E-state index in [4.69, 9.17) is 9.47 Å². The molecule has 1 unspecified atom stereocenters. The Labute approximate surface area is 175 Å². The summed E-state index contributed by atoms with van der Waals surface area (Å²) in [4.78, 5) is 15.3. The molecule has 1 amide bonds. The van der Waals surface area contributed by atoms with Crippen molar-refractivity contribution in [3.05, 3.63) is 66.0 Å². The second kappa shape index (κ2) is 6.79. The maximum Gasteiger partial charge on any atom is 0.262 e. The van der Waals surface area contributed by atoms with E-state index < -0.39 is 6.17 Å². The average molecular weight is 404 g/mol. The van der Waals surface area contributed by atoms with Gasteiger partial charge in [0.2, 0.25) is 0 Å². The number of para-hydroxylation sites is 1. The Kier molecular flexibility index (Phi) is 4.20. The van der Waals surface area contributed by atoms with Crippen LogP contribution in [0.5, 0.6) is 11.5 Å². The van der Waals surface area contributed by atoms with E-state index in [2.05, 4.69) is 31.2 Å². The molecule has 0 bridgehead atoms. The number of carbonyl (C=O) groups is 1. The highest BCUT2D eigenvalue weighted by Crippen LogP contribution is 2.40. The van der Waals surface area contributed by atoms with E-state index in [1.165, 1.54) is 0 Å². The van der Waals surface area contributed by atoms with Crippen LogP contribution < -0.4 is 19.7 Å². The number of hydrogen-bond donors (Lipinski definition) is 1. The number of fused-ring (bicyclic) bond motifs is 2. The highest BCUT2D eigenvalue weighted by Gasteiger charge is 2.35. The topological polar surface area (TPSA) is 68.6 Å². The molecule has 1 N–H and O–H groups in total. The average Bonchev–Trinajstić information content (AvgIpc) is 3.24. The van der Waals surface area contributed by atoms with Crippen LogP contribution in [0.4, 0.5) is 11.4 Å². The number of aromatic nitrogens is 2. The lowest BCUT2D eigenvalue weighted by Gasteiger charge is -2.37. The van der Waals surface area contributed by atoms with E-state index in [-0.39, 0.29) is 11.4 Å². The lowest BCUT2D eigenvalue weighted by molar-refractivity contribution is 0.0974. The number of nitrogens with one attached hydrogen (secondary N) is 1. The fourth-order valence-corrected chi connectivity index (χ4v) is 3.78. The minimum atomic E-state index is -0.397. The zero-order valence-electron chi connectivity index (χ0n) is 17.3. The molecule has 0 saturated carbocycles. The minimum absolute atomic E-state index is 0.0745. The lowest BCUT2D eigenvalue weighted by atomic mass is 10.0.